The fourth-order valence-electron chi connectivity index (χ4n) is 3.59. The molecule has 0 aliphatic carbocycles. The van der Waals surface area contributed by atoms with E-state index in [4.69, 9.17) is 4.74 Å². The van der Waals surface area contributed by atoms with Crippen molar-refractivity contribution in [3.63, 3.8) is 0 Å². The second-order valence-electron chi connectivity index (χ2n) is 8.95. The smallest absolute Gasteiger partial charge is 0.410 e. The van der Waals surface area contributed by atoms with Crippen LogP contribution in [0.1, 0.15) is 49.7 Å². The largest absolute Gasteiger partial charge is 0.444 e. The van der Waals surface area contributed by atoms with Crippen LogP contribution in [0.5, 0.6) is 0 Å². The highest BCUT2D eigenvalue weighted by atomic mass is 32.1. The molecule has 2 heterocycles. The Balaban J connectivity index is 1.54. The molecular formula is C23H31N3O3S. The van der Waals surface area contributed by atoms with Crippen LogP contribution in [0.25, 0.3) is 10.6 Å². The number of likely N-dealkylation sites (tertiary alicyclic amines) is 1. The highest BCUT2D eigenvalue weighted by molar-refractivity contribution is 7.13. The van der Waals surface area contributed by atoms with Gasteiger partial charge in [-0.25, -0.2) is 9.78 Å². The Labute approximate surface area is 182 Å². The van der Waals surface area contributed by atoms with E-state index in [0.717, 1.165) is 29.0 Å². The molecule has 0 atom stereocenters. The second kappa shape index (κ2) is 9.16. The van der Waals surface area contributed by atoms with Crippen molar-refractivity contribution in [2.45, 2.75) is 46.1 Å². The van der Waals surface area contributed by atoms with E-state index < -0.39 is 5.60 Å². The molecule has 6 nitrogen and oxygen atoms in total. The lowest BCUT2D eigenvalue weighted by Crippen LogP contribution is -2.43. The molecule has 0 radical (unpaired) electrons. The molecule has 0 bridgehead atoms. The van der Waals surface area contributed by atoms with Crippen molar-refractivity contribution >= 4 is 23.3 Å². The molecular weight excluding hydrogens is 398 g/mol. The van der Waals surface area contributed by atoms with Gasteiger partial charge in [-0.15, -0.1) is 11.3 Å². The van der Waals surface area contributed by atoms with Crippen LogP contribution in [0, 0.1) is 12.8 Å². The standard InChI is InChI=1S/C23H31N3O3S/c1-16-8-6-7-9-18(16)20-24-19(15-30-20)21(27)26-12-10-17(11-13-26)14-25(5)22(28)29-23(2,3)4/h6-9,15,17H,10-14H2,1-5H3. The molecule has 1 aliphatic heterocycles. The van der Waals surface area contributed by atoms with Gasteiger partial charge in [0, 0.05) is 37.6 Å². The molecule has 2 amide bonds. The molecule has 0 spiro atoms. The molecule has 0 N–H and O–H groups in total. The Bertz CT molecular complexity index is 895. The van der Waals surface area contributed by atoms with Gasteiger partial charge < -0.3 is 14.5 Å². The topological polar surface area (TPSA) is 62.7 Å². The third-order valence-corrected chi connectivity index (χ3v) is 6.11. The maximum Gasteiger partial charge on any atom is 0.410 e. The van der Waals surface area contributed by atoms with E-state index in [1.807, 2.05) is 49.3 Å². The highest BCUT2D eigenvalue weighted by Gasteiger charge is 2.28. The predicted octanol–water partition coefficient (Wildman–Crippen LogP) is 4.84. The number of ether oxygens (including phenoxy) is 1. The summed E-state index contributed by atoms with van der Waals surface area (Å²) in [6.07, 6.45) is 1.44. The van der Waals surface area contributed by atoms with Gasteiger partial charge in [-0.05, 0) is 52.0 Å². The minimum Gasteiger partial charge on any atom is -0.444 e. The molecule has 1 aromatic heterocycles. The van der Waals surface area contributed by atoms with Crippen LogP contribution < -0.4 is 0 Å². The van der Waals surface area contributed by atoms with Crippen molar-refractivity contribution in [2.75, 3.05) is 26.7 Å². The van der Waals surface area contributed by atoms with Gasteiger partial charge in [0.05, 0.1) is 0 Å². The quantitative estimate of drug-likeness (QED) is 0.698. The van der Waals surface area contributed by atoms with Crippen molar-refractivity contribution in [3.05, 3.63) is 40.9 Å². The minimum atomic E-state index is -0.494. The number of hydrogen-bond acceptors (Lipinski definition) is 5. The summed E-state index contributed by atoms with van der Waals surface area (Å²) in [6.45, 7) is 9.66. The van der Waals surface area contributed by atoms with Crippen LogP contribution in [0.3, 0.4) is 0 Å². The van der Waals surface area contributed by atoms with Gasteiger partial charge in [-0.1, -0.05) is 24.3 Å². The number of aryl methyl sites for hydroxylation is 1. The summed E-state index contributed by atoms with van der Waals surface area (Å²) in [5.41, 5.74) is 2.25. The number of amides is 2. The minimum absolute atomic E-state index is 0.00923. The van der Waals surface area contributed by atoms with Gasteiger partial charge in [0.25, 0.3) is 5.91 Å². The van der Waals surface area contributed by atoms with E-state index in [9.17, 15) is 9.59 Å². The average Bonchev–Trinajstić information content (AvgIpc) is 3.17. The Kier molecular flexibility index (Phi) is 6.81. The number of aromatic nitrogens is 1. The summed E-state index contributed by atoms with van der Waals surface area (Å²) in [4.78, 5) is 33.2. The number of piperidine rings is 1. The van der Waals surface area contributed by atoms with E-state index in [0.29, 0.717) is 31.2 Å². The molecule has 162 valence electrons. The van der Waals surface area contributed by atoms with Gasteiger partial charge in [0.2, 0.25) is 0 Å². The summed E-state index contributed by atoms with van der Waals surface area (Å²) in [5, 5.41) is 2.73. The predicted molar refractivity (Wildman–Crippen MR) is 120 cm³/mol. The summed E-state index contributed by atoms with van der Waals surface area (Å²) in [6, 6.07) is 8.08. The second-order valence-corrected chi connectivity index (χ2v) is 9.81. The van der Waals surface area contributed by atoms with Crippen molar-refractivity contribution in [1.82, 2.24) is 14.8 Å². The fourth-order valence-corrected chi connectivity index (χ4v) is 4.47. The molecule has 3 rings (SSSR count). The lowest BCUT2D eigenvalue weighted by atomic mass is 9.96. The number of benzene rings is 1. The fraction of sp³-hybridized carbons (Fsp3) is 0.522. The number of carbonyl (C=O) groups is 2. The van der Waals surface area contributed by atoms with Crippen LogP contribution >= 0.6 is 11.3 Å². The zero-order valence-electron chi connectivity index (χ0n) is 18.5. The van der Waals surface area contributed by atoms with Gasteiger partial charge in [0.1, 0.15) is 16.3 Å². The van der Waals surface area contributed by atoms with Crippen molar-refractivity contribution < 1.29 is 14.3 Å². The zero-order chi connectivity index (χ0) is 21.9. The third kappa shape index (κ3) is 5.59. The number of hydrogen-bond donors (Lipinski definition) is 0. The summed E-state index contributed by atoms with van der Waals surface area (Å²) in [5.74, 6) is 0.356. The normalized spacial score (nSPS) is 15.2. The van der Waals surface area contributed by atoms with Gasteiger partial charge in [-0.2, -0.15) is 0 Å². The first-order valence-electron chi connectivity index (χ1n) is 10.4. The van der Waals surface area contributed by atoms with E-state index in [1.165, 1.54) is 11.3 Å². The number of rotatable bonds is 4. The molecule has 1 aliphatic rings. The Hall–Kier alpha value is -2.41. The first-order valence-corrected chi connectivity index (χ1v) is 11.3. The molecule has 30 heavy (non-hydrogen) atoms. The van der Waals surface area contributed by atoms with Gasteiger partial charge in [-0.3, -0.25) is 4.79 Å². The molecule has 1 saturated heterocycles. The van der Waals surface area contributed by atoms with Crippen LogP contribution in [0.15, 0.2) is 29.6 Å². The lowest BCUT2D eigenvalue weighted by Gasteiger charge is -2.34. The van der Waals surface area contributed by atoms with Gasteiger partial charge in [0.15, 0.2) is 0 Å². The highest BCUT2D eigenvalue weighted by Crippen LogP contribution is 2.28. The first kappa shape index (κ1) is 22.3. The van der Waals surface area contributed by atoms with Crippen LogP contribution in [0.4, 0.5) is 4.79 Å². The third-order valence-electron chi connectivity index (χ3n) is 5.24. The number of thiazole rings is 1. The van der Waals surface area contributed by atoms with Crippen molar-refractivity contribution in [2.24, 2.45) is 5.92 Å². The van der Waals surface area contributed by atoms with E-state index in [2.05, 4.69) is 18.0 Å². The molecule has 1 fully saturated rings. The molecule has 0 unspecified atom stereocenters. The maximum absolute atomic E-state index is 12.9. The van der Waals surface area contributed by atoms with Crippen LogP contribution in [-0.2, 0) is 4.74 Å². The zero-order valence-corrected chi connectivity index (χ0v) is 19.3. The molecule has 0 saturated carbocycles. The van der Waals surface area contributed by atoms with Crippen molar-refractivity contribution in [1.29, 1.82) is 0 Å². The van der Waals surface area contributed by atoms with Gasteiger partial charge >= 0.3 is 6.09 Å². The lowest BCUT2D eigenvalue weighted by molar-refractivity contribution is 0.0246. The molecule has 1 aromatic carbocycles. The molecule has 7 heteroatoms. The average molecular weight is 430 g/mol. The SMILES string of the molecule is Cc1ccccc1-c1nc(C(=O)N2CCC(CN(C)C(=O)OC(C)(C)C)CC2)cs1. The Morgan fingerprint density at radius 2 is 1.90 bits per heavy atom. The monoisotopic (exact) mass is 429 g/mol. The van der Waals surface area contributed by atoms with E-state index in [-0.39, 0.29) is 12.0 Å². The number of carbonyl (C=O) groups excluding carboxylic acids is 2. The summed E-state index contributed by atoms with van der Waals surface area (Å²) >= 11 is 1.51. The van der Waals surface area contributed by atoms with Crippen LogP contribution in [-0.4, -0.2) is 59.1 Å². The Morgan fingerprint density at radius 1 is 1.23 bits per heavy atom. The number of nitrogens with zero attached hydrogens (tertiary/aromatic N) is 3. The maximum atomic E-state index is 12.9. The van der Waals surface area contributed by atoms with E-state index in [1.54, 1.807) is 11.9 Å². The Morgan fingerprint density at radius 3 is 2.53 bits per heavy atom. The van der Waals surface area contributed by atoms with Crippen LogP contribution in [0.2, 0.25) is 0 Å². The summed E-state index contributed by atoms with van der Waals surface area (Å²) in [7, 11) is 1.77. The first-order chi connectivity index (χ1) is 14.1. The molecule has 2 aromatic rings. The summed E-state index contributed by atoms with van der Waals surface area (Å²) < 4.78 is 5.42. The van der Waals surface area contributed by atoms with E-state index >= 15 is 0 Å². The van der Waals surface area contributed by atoms with Crippen molar-refractivity contribution in [3.8, 4) is 10.6 Å².